The van der Waals surface area contributed by atoms with Crippen molar-refractivity contribution in [1.29, 1.82) is 0 Å². The fourth-order valence-electron chi connectivity index (χ4n) is 5.28. The van der Waals surface area contributed by atoms with Gasteiger partial charge in [0, 0.05) is 37.1 Å². The van der Waals surface area contributed by atoms with Gasteiger partial charge in [0.05, 0.1) is 47.8 Å². The Morgan fingerprint density at radius 3 is 2.93 bits per heavy atom. The lowest BCUT2D eigenvalue weighted by Crippen LogP contribution is -2.42. The third kappa shape index (κ3) is 6.61. The lowest BCUT2D eigenvalue weighted by atomic mass is 10.2. The molecule has 0 aliphatic carbocycles. The van der Waals surface area contributed by atoms with E-state index in [0.717, 1.165) is 37.2 Å². The van der Waals surface area contributed by atoms with E-state index in [-0.39, 0.29) is 36.5 Å². The summed E-state index contributed by atoms with van der Waals surface area (Å²) in [6.07, 6.45) is 3.49. The monoisotopic (exact) mass is 633 g/mol. The molecule has 2 atom stereocenters. The van der Waals surface area contributed by atoms with E-state index in [1.165, 1.54) is 23.5 Å². The van der Waals surface area contributed by atoms with Crippen LogP contribution in [0.2, 0.25) is 0 Å². The highest BCUT2D eigenvalue weighted by molar-refractivity contribution is 7.19. The van der Waals surface area contributed by atoms with Crippen LogP contribution in [0.4, 0.5) is 20.7 Å². The second-order valence-electron chi connectivity index (χ2n) is 10.5. The summed E-state index contributed by atoms with van der Waals surface area (Å²) in [4.78, 5) is 24.7. The number of hydrogen-bond donors (Lipinski definition) is 2. The van der Waals surface area contributed by atoms with E-state index in [4.69, 9.17) is 9.47 Å². The van der Waals surface area contributed by atoms with Crippen LogP contribution in [0.1, 0.15) is 16.9 Å². The molecule has 2 aliphatic rings. The Bertz CT molecular complexity index is 1860. The zero-order valence-electron chi connectivity index (χ0n) is 23.5. The number of rotatable bonds is 5. The van der Waals surface area contributed by atoms with Crippen LogP contribution >= 0.6 is 23.7 Å². The Kier molecular flexibility index (Phi) is 8.90. The second-order valence-corrected chi connectivity index (χ2v) is 11.5. The van der Waals surface area contributed by atoms with Crippen LogP contribution in [0, 0.1) is 17.7 Å². The van der Waals surface area contributed by atoms with Crippen LogP contribution in [0.15, 0.2) is 61.1 Å². The third-order valence-electron chi connectivity index (χ3n) is 7.45. The van der Waals surface area contributed by atoms with Crippen LogP contribution in [0.3, 0.4) is 0 Å². The smallest absolute Gasteiger partial charge is 0.410 e. The number of halogens is 2. The minimum Gasteiger partial charge on any atom is -0.445 e. The topological polar surface area (TPSA) is 106 Å². The van der Waals surface area contributed by atoms with Gasteiger partial charge in [-0.1, -0.05) is 24.0 Å². The third-order valence-corrected chi connectivity index (χ3v) is 8.41. The first-order valence-corrected chi connectivity index (χ1v) is 14.9. The molecule has 2 unspecified atom stereocenters. The number of anilines is 2. The van der Waals surface area contributed by atoms with Gasteiger partial charge < -0.3 is 19.7 Å². The molecule has 0 saturated carbocycles. The number of amides is 1. The standard InChI is InChI=1S/C31H28FN7O3S.ClH/c32-22-3-1-2-20(12-22)18-39-28-7-5-24(13-21(28)16-36-39)37-29-27-15-26(43-30(27)35-19-34-29)6-4-23-14-25(17-33-23)42-31(40)38-8-10-41-11-9-38;/h1-3,5,7,12-13,15-16,19,23,25,33H,8-11,14,17-18H2,(H,34,35,37);1H. The molecule has 2 aromatic carbocycles. The molecule has 7 rings (SSSR count). The predicted octanol–water partition coefficient (Wildman–Crippen LogP) is 4.94. The van der Waals surface area contributed by atoms with Crippen molar-refractivity contribution in [3.8, 4) is 11.8 Å². The Balaban J connectivity index is 0.00000343. The summed E-state index contributed by atoms with van der Waals surface area (Å²) in [6, 6.07) is 14.5. The van der Waals surface area contributed by atoms with Crippen molar-refractivity contribution in [3.63, 3.8) is 0 Å². The molecule has 1 amide bonds. The summed E-state index contributed by atoms with van der Waals surface area (Å²) in [7, 11) is 0. The number of thiophene rings is 1. The van der Waals surface area contributed by atoms with Crippen molar-refractivity contribution in [1.82, 2.24) is 30.0 Å². The molecule has 2 aliphatic heterocycles. The maximum absolute atomic E-state index is 13.6. The zero-order chi connectivity index (χ0) is 29.2. The first-order valence-electron chi connectivity index (χ1n) is 14.1. The van der Waals surface area contributed by atoms with Crippen molar-refractivity contribution in [2.75, 3.05) is 38.2 Å². The average Bonchev–Trinajstić information content (AvgIpc) is 3.75. The van der Waals surface area contributed by atoms with Gasteiger partial charge in [0.15, 0.2) is 0 Å². The van der Waals surface area contributed by atoms with Gasteiger partial charge in [0.1, 0.15) is 28.9 Å². The molecule has 5 heterocycles. The highest BCUT2D eigenvalue weighted by Crippen LogP contribution is 2.30. The molecule has 13 heteroatoms. The highest BCUT2D eigenvalue weighted by atomic mass is 35.5. The molecular weight excluding hydrogens is 605 g/mol. The van der Waals surface area contributed by atoms with Gasteiger partial charge in [-0.25, -0.2) is 19.2 Å². The lowest BCUT2D eigenvalue weighted by molar-refractivity contribution is 0.0156. The molecular formula is C31H29ClFN7O3S. The summed E-state index contributed by atoms with van der Waals surface area (Å²) in [5.41, 5.74) is 2.67. The quantitative estimate of drug-likeness (QED) is 0.262. The van der Waals surface area contributed by atoms with Crippen molar-refractivity contribution in [2.45, 2.75) is 25.1 Å². The van der Waals surface area contributed by atoms with Gasteiger partial charge in [-0.2, -0.15) is 5.10 Å². The Hall–Kier alpha value is -4.28. The molecule has 5 aromatic rings. The number of carbonyl (C=O) groups is 1. The summed E-state index contributed by atoms with van der Waals surface area (Å²) in [5, 5.41) is 13.1. The maximum atomic E-state index is 13.6. The van der Waals surface area contributed by atoms with Crippen molar-refractivity contribution >= 4 is 62.5 Å². The first kappa shape index (κ1) is 29.8. The number of ether oxygens (including phenoxy) is 2. The normalized spacial score (nSPS) is 18.1. The summed E-state index contributed by atoms with van der Waals surface area (Å²) < 4.78 is 26.5. The van der Waals surface area contributed by atoms with E-state index in [9.17, 15) is 9.18 Å². The molecule has 2 N–H and O–H groups in total. The number of aromatic nitrogens is 4. The van der Waals surface area contributed by atoms with Gasteiger partial charge in [-0.3, -0.25) is 10.00 Å². The Morgan fingerprint density at radius 2 is 2.07 bits per heavy atom. The molecule has 0 radical (unpaired) electrons. The van der Waals surface area contributed by atoms with E-state index in [2.05, 4.69) is 37.5 Å². The van der Waals surface area contributed by atoms with Crippen LogP contribution in [0.25, 0.3) is 21.1 Å². The van der Waals surface area contributed by atoms with Crippen LogP contribution in [-0.2, 0) is 16.0 Å². The number of hydrogen-bond acceptors (Lipinski definition) is 9. The number of benzene rings is 2. The summed E-state index contributed by atoms with van der Waals surface area (Å²) in [6.45, 7) is 3.27. The molecule has 0 bridgehead atoms. The Morgan fingerprint density at radius 1 is 1.18 bits per heavy atom. The number of fused-ring (bicyclic) bond motifs is 2. The van der Waals surface area contributed by atoms with E-state index in [0.29, 0.717) is 51.6 Å². The summed E-state index contributed by atoms with van der Waals surface area (Å²) >= 11 is 1.51. The molecule has 3 aromatic heterocycles. The molecule has 226 valence electrons. The van der Waals surface area contributed by atoms with Gasteiger partial charge in [-0.05, 0) is 42.0 Å². The predicted molar refractivity (Wildman–Crippen MR) is 169 cm³/mol. The van der Waals surface area contributed by atoms with Crippen molar-refractivity contribution < 1.29 is 18.7 Å². The van der Waals surface area contributed by atoms with E-state index in [1.54, 1.807) is 23.5 Å². The largest absolute Gasteiger partial charge is 0.445 e. The fourth-order valence-corrected chi connectivity index (χ4v) is 6.14. The number of nitrogens with one attached hydrogen (secondary N) is 2. The molecule has 44 heavy (non-hydrogen) atoms. The van der Waals surface area contributed by atoms with Crippen molar-refractivity contribution in [3.05, 3.63) is 77.3 Å². The van der Waals surface area contributed by atoms with Crippen LogP contribution in [-0.4, -0.2) is 75.7 Å². The lowest BCUT2D eigenvalue weighted by Gasteiger charge is -2.27. The minimum absolute atomic E-state index is 0. The van der Waals surface area contributed by atoms with Gasteiger partial charge in [0.2, 0.25) is 0 Å². The van der Waals surface area contributed by atoms with E-state index < -0.39 is 0 Å². The molecule has 0 spiro atoms. The number of morpholine rings is 1. The fraction of sp³-hybridized carbons (Fsp3) is 0.290. The number of carbonyl (C=O) groups excluding carboxylic acids is 1. The minimum atomic E-state index is -0.288. The molecule has 2 saturated heterocycles. The first-order chi connectivity index (χ1) is 21.1. The van der Waals surface area contributed by atoms with E-state index in [1.807, 2.05) is 35.0 Å². The van der Waals surface area contributed by atoms with Gasteiger partial charge in [-0.15, -0.1) is 23.7 Å². The van der Waals surface area contributed by atoms with Gasteiger partial charge in [0.25, 0.3) is 0 Å². The molecule has 10 nitrogen and oxygen atoms in total. The summed E-state index contributed by atoms with van der Waals surface area (Å²) in [5.74, 6) is 6.97. The highest BCUT2D eigenvalue weighted by Gasteiger charge is 2.28. The van der Waals surface area contributed by atoms with Crippen LogP contribution < -0.4 is 10.6 Å². The SMILES string of the molecule is Cl.O=C(OC1CNC(C#Cc2cc3c(Nc4ccc5c(cnn5Cc5cccc(F)c5)c4)ncnc3s2)C1)N1CCOCC1. The van der Waals surface area contributed by atoms with Crippen LogP contribution in [0.5, 0.6) is 0 Å². The van der Waals surface area contributed by atoms with Crippen molar-refractivity contribution in [2.24, 2.45) is 0 Å². The Labute approximate surface area is 263 Å². The van der Waals surface area contributed by atoms with Gasteiger partial charge >= 0.3 is 6.09 Å². The second kappa shape index (κ2) is 13.2. The number of nitrogens with zero attached hydrogens (tertiary/aromatic N) is 5. The zero-order valence-corrected chi connectivity index (χ0v) is 25.2. The molecule has 2 fully saturated rings. The van der Waals surface area contributed by atoms with E-state index >= 15 is 0 Å². The average molecular weight is 634 g/mol. The maximum Gasteiger partial charge on any atom is 0.410 e.